The number of esters is 1. The van der Waals surface area contributed by atoms with Gasteiger partial charge in [0.1, 0.15) is 6.79 Å². The molecule has 1 aliphatic carbocycles. The van der Waals surface area contributed by atoms with Crippen molar-refractivity contribution in [2.75, 3.05) is 21.0 Å². The Bertz CT molecular complexity index is 471. The lowest BCUT2D eigenvalue weighted by Gasteiger charge is -2.38. The summed E-state index contributed by atoms with van der Waals surface area (Å²) in [7, 11) is 3.06. The Labute approximate surface area is 120 Å². The van der Waals surface area contributed by atoms with Crippen LogP contribution < -0.4 is 0 Å². The molecule has 20 heavy (non-hydrogen) atoms. The lowest BCUT2D eigenvalue weighted by Crippen LogP contribution is -2.33. The average molecular weight is 278 g/mol. The van der Waals surface area contributed by atoms with Crippen LogP contribution in [0.4, 0.5) is 0 Å². The summed E-state index contributed by atoms with van der Waals surface area (Å²) in [5, 5.41) is 0. The molecule has 0 spiro atoms. The van der Waals surface area contributed by atoms with Gasteiger partial charge in [-0.25, -0.2) is 0 Å². The maximum atomic E-state index is 11.7. The van der Waals surface area contributed by atoms with E-state index >= 15 is 0 Å². The van der Waals surface area contributed by atoms with Crippen molar-refractivity contribution >= 4 is 5.97 Å². The molecule has 0 radical (unpaired) electrons. The van der Waals surface area contributed by atoms with Crippen LogP contribution in [0.15, 0.2) is 24.3 Å². The number of ether oxygens (including phenoxy) is 3. The molecule has 2 atom stereocenters. The van der Waals surface area contributed by atoms with Crippen molar-refractivity contribution in [2.45, 2.75) is 37.7 Å². The Morgan fingerprint density at radius 3 is 2.80 bits per heavy atom. The fourth-order valence-electron chi connectivity index (χ4n) is 2.96. The Morgan fingerprint density at radius 1 is 1.35 bits per heavy atom. The third kappa shape index (κ3) is 3.02. The van der Waals surface area contributed by atoms with Crippen molar-refractivity contribution in [1.82, 2.24) is 0 Å². The highest BCUT2D eigenvalue weighted by Crippen LogP contribution is 2.45. The molecule has 0 N–H and O–H groups in total. The van der Waals surface area contributed by atoms with E-state index in [9.17, 15) is 4.79 Å². The van der Waals surface area contributed by atoms with Gasteiger partial charge < -0.3 is 14.2 Å². The Morgan fingerprint density at radius 2 is 2.10 bits per heavy atom. The molecule has 1 aromatic carbocycles. The van der Waals surface area contributed by atoms with Crippen LogP contribution in [0.2, 0.25) is 0 Å². The Hall–Kier alpha value is -1.39. The number of carbonyl (C=O) groups is 1. The summed E-state index contributed by atoms with van der Waals surface area (Å²) in [6, 6.07) is 8.17. The van der Waals surface area contributed by atoms with E-state index in [-0.39, 0.29) is 24.3 Å². The number of benzene rings is 1. The van der Waals surface area contributed by atoms with Crippen LogP contribution in [0.25, 0.3) is 0 Å². The summed E-state index contributed by atoms with van der Waals surface area (Å²) in [6.07, 6.45) is 2.22. The second-order valence-corrected chi connectivity index (χ2v) is 5.50. The molecule has 110 valence electrons. The van der Waals surface area contributed by atoms with Gasteiger partial charge in [0.15, 0.2) is 0 Å². The van der Waals surface area contributed by atoms with E-state index in [1.807, 2.05) is 12.1 Å². The van der Waals surface area contributed by atoms with Crippen LogP contribution in [-0.4, -0.2) is 27.0 Å². The summed E-state index contributed by atoms with van der Waals surface area (Å²) < 4.78 is 15.6. The lowest BCUT2D eigenvalue weighted by atomic mass is 9.68. The quantitative estimate of drug-likeness (QED) is 0.613. The first kappa shape index (κ1) is 15.0. The van der Waals surface area contributed by atoms with Gasteiger partial charge in [0.2, 0.25) is 0 Å². The summed E-state index contributed by atoms with van der Waals surface area (Å²) in [5.74, 6) is -0.168. The summed E-state index contributed by atoms with van der Waals surface area (Å²) >= 11 is 0. The average Bonchev–Trinajstić information content (AvgIpc) is 2.47. The molecule has 0 saturated heterocycles. The molecule has 4 heteroatoms. The van der Waals surface area contributed by atoms with Crippen LogP contribution in [0.3, 0.4) is 0 Å². The first-order valence-electron chi connectivity index (χ1n) is 6.87. The van der Waals surface area contributed by atoms with Crippen molar-refractivity contribution < 1.29 is 19.0 Å². The van der Waals surface area contributed by atoms with Gasteiger partial charge in [-0.2, -0.15) is 0 Å². The number of fused-ring (bicyclic) bond motifs is 1. The lowest BCUT2D eigenvalue weighted by molar-refractivity contribution is -0.142. The minimum atomic E-state index is -0.184. The predicted octanol–water partition coefficient (Wildman–Crippen LogP) is 2.96. The highest BCUT2D eigenvalue weighted by atomic mass is 16.7. The summed E-state index contributed by atoms with van der Waals surface area (Å²) in [5.41, 5.74) is 2.15. The first-order chi connectivity index (χ1) is 9.60. The number of rotatable bonds is 5. The molecule has 0 heterocycles. The number of methoxy groups -OCH3 is 2. The fourth-order valence-corrected chi connectivity index (χ4v) is 2.96. The minimum absolute atomic E-state index is 0.0388. The van der Waals surface area contributed by atoms with Crippen LogP contribution in [0.1, 0.15) is 43.4 Å². The molecule has 0 saturated carbocycles. The molecule has 4 nitrogen and oxygen atoms in total. The molecule has 0 bridgehead atoms. The summed E-state index contributed by atoms with van der Waals surface area (Å²) in [6.45, 7) is 2.40. The molecular weight excluding hydrogens is 256 g/mol. The minimum Gasteiger partial charge on any atom is -0.469 e. The van der Waals surface area contributed by atoms with Gasteiger partial charge >= 0.3 is 5.97 Å². The van der Waals surface area contributed by atoms with E-state index in [1.165, 1.54) is 12.7 Å². The van der Waals surface area contributed by atoms with Crippen LogP contribution in [0, 0.1) is 0 Å². The molecule has 0 aromatic heterocycles. The van der Waals surface area contributed by atoms with E-state index in [1.54, 1.807) is 7.11 Å². The molecular formula is C16H22O4. The molecule has 0 unspecified atom stereocenters. The van der Waals surface area contributed by atoms with Gasteiger partial charge in [-0.15, -0.1) is 0 Å². The van der Waals surface area contributed by atoms with Gasteiger partial charge in [0, 0.05) is 12.5 Å². The van der Waals surface area contributed by atoms with Crippen molar-refractivity contribution in [1.29, 1.82) is 0 Å². The molecule has 0 aliphatic heterocycles. The monoisotopic (exact) mass is 278 g/mol. The Balaban J connectivity index is 2.28. The zero-order valence-electron chi connectivity index (χ0n) is 12.3. The SMILES string of the molecule is COCO[C@H]1CC[C@](C)(CC(=O)OC)c2ccccc21. The maximum absolute atomic E-state index is 11.7. The summed E-state index contributed by atoms with van der Waals surface area (Å²) in [4.78, 5) is 11.7. The predicted molar refractivity (Wildman–Crippen MR) is 75.4 cm³/mol. The fraction of sp³-hybridized carbons (Fsp3) is 0.562. The van der Waals surface area contributed by atoms with Gasteiger partial charge in [-0.05, 0) is 24.0 Å². The normalized spacial score (nSPS) is 25.1. The molecule has 1 aromatic rings. The van der Waals surface area contributed by atoms with E-state index in [0.29, 0.717) is 6.42 Å². The van der Waals surface area contributed by atoms with E-state index in [2.05, 4.69) is 19.1 Å². The number of hydrogen-bond donors (Lipinski definition) is 0. The topological polar surface area (TPSA) is 44.8 Å². The van der Waals surface area contributed by atoms with Crippen molar-refractivity contribution in [3.63, 3.8) is 0 Å². The maximum Gasteiger partial charge on any atom is 0.306 e. The Kier molecular flexibility index (Phi) is 4.78. The smallest absolute Gasteiger partial charge is 0.306 e. The third-order valence-electron chi connectivity index (χ3n) is 4.07. The van der Waals surface area contributed by atoms with E-state index in [4.69, 9.17) is 14.2 Å². The highest BCUT2D eigenvalue weighted by molar-refractivity contribution is 5.71. The third-order valence-corrected chi connectivity index (χ3v) is 4.07. The molecule has 0 amide bonds. The number of hydrogen-bond acceptors (Lipinski definition) is 4. The molecule has 0 fully saturated rings. The van der Waals surface area contributed by atoms with Crippen LogP contribution in [0.5, 0.6) is 0 Å². The zero-order chi connectivity index (χ0) is 14.6. The van der Waals surface area contributed by atoms with Crippen LogP contribution in [-0.2, 0) is 24.4 Å². The second-order valence-electron chi connectivity index (χ2n) is 5.50. The van der Waals surface area contributed by atoms with Gasteiger partial charge in [-0.3, -0.25) is 4.79 Å². The van der Waals surface area contributed by atoms with Crippen molar-refractivity contribution in [3.05, 3.63) is 35.4 Å². The molecule has 1 aliphatic rings. The first-order valence-corrected chi connectivity index (χ1v) is 6.87. The molecule has 2 rings (SSSR count). The largest absolute Gasteiger partial charge is 0.469 e. The highest BCUT2D eigenvalue weighted by Gasteiger charge is 2.38. The van der Waals surface area contributed by atoms with E-state index in [0.717, 1.165) is 18.4 Å². The van der Waals surface area contributed by atoms with Gasteiger partial charge in [-0.1, -0.05) is 31.2 Å². The number of carbonyl (C=O) groups excluding carboxylic acids is 1. The second kappa shape index (κ2) is 6.37. The van der Waals surface area contributed by atoms with Crippen LogP contribution >= 0.6 is 0 Å². The van der Waals surface area contributed by atoms with Gasteiger partial charge in [0.05, 0.1) is 19.6 Å². The zero-order valence-corrected chi connectivity index (χ0v) is 12.3. The van der Waals surface area contributed by atoms with Gasteiger partial charge in [0.25, 0.3) is 0 Å². The van der Waals surface area contributed by atoms with E-state index < -0.39 is 0 Å². The standard InChI is InChI=1S/C16H22O4/c1-16(10-15(17)19-3)9-8-14(20-11-18-2)12-6-4-5-7-13(12)16/h4-7,14H,8-11H2,1-3H3/t14-,16+/m0/s1. The van der Waals surface area contributed by atoms with Crippen molar-refractivity contribution in [3.8, 4) is 0 Å². The van der Waals surface area contributed by atoms with Crippen molar-refractivity contribution in [2.24, 2.45) is 0 Å².